The number of pyridine rings is 2. The van der Waals surface area contributed by atoms with Gasteiger partial charge in [-0.05, 0) is 36.4 Å². The van der Waals surface area contributed by atoms with Gasteiger partial charge in [0.2, 0.25) is 5.95 Å². The number of carbonyl (C=O) groups excluding carboxylic acids is 1. The third-order valence-electron chi connectivity index (χ3n) is 3.76. The minimum atomic E-state index is -0.282. The van der Waals surface area contributed by atoms with E-state index >= 15 is 0 Å². The van der Waals surface area contributed by atoms with Gasteiger partial charge in [-0.1, -0.05) is 18.2 Å². The normalized spacial score (nSPS) is 10.6. The second-order valence-electron chi connectivity index (χ2n) is 5.58. The lowest BCUT2D eigenvalue weighted by molar-refractivity contribution is 0.102. The highest BCUT2D eigenvalue weighted by molar-refractivity contribution is 6.03. The number of hydrogen-bond donors (Lipinski definition) is 1. The molecule has 0 radical (unpaired) electrons. The van der Waals surface area contributed by atoms with Gasteiger partial charge in [0.25, 0.3) is 5.91 Å². The molecule has 0 unspecified atom stereocenters. The first-order valence-corrected chi connectivity index (χ1v) is 8.02. The molecule has 0 saturated carbocycles. The van der Waals surface area contributed by atoms with Crippen LogP contribution >= 0.6 is 0 Å². The van der Waals surface area contributed by atoms with Gasteiger partial charge in [-0.15, -0.1) is 10.2 Å². The molecule has 3 aromatic heterocycles. The van der Waals surface area contributed by atoms with Gasteiger partial charge in [0.1, 0.15) is 12.4 Å². The quantitative estimate of drug-likeness (QED) is 0.601. The predicted molar refractivity (Wildman–Crippen MR) is 96.0 cm³/mol. The zero-order valence-corrected chi connectivity index (χ0v) is 13.7. The van der Waals surface area contributed by atoms with E-state index in [4.69, 9.17) is 4.74 Å². The summed E-state index contributed by atoms with van der Waals surface area (Å²) in [5, 5.41) is 10.8. The van der Waals surface area contributed by atoms with E-state index in [-0.39, 0.29) is 5.91 Å². The van der Waals surface area contributed by atoms with Crippen molar-refractivity contribution in [2.75, 3.05) is 5.32 Å². The first-order valence-electron chi connectivity index (χ1n) is 8.02. The van der Waals surface area contributed by atoms with Crippen molar-refractivity contribution in [3.63, 3.8) is 0 Å². The van der Waals surface area contributed by atoms with Crippen LogP contribution in [0.15, 0.2) is 73.2 Å². The fourth-order valence-electron chi connectivity index (χ4n) is 2.48. The second-order valence-corrected chi connectivity index (χ2v) is 5.58. The van der Waals surface area contributed by atoms with Crippen LogP contribution in [0.3, 0.4) is 0 Å². The van der Waals surface area contributed by atoms with E-state index in [1.807, 2.05) is 30.3 Å². The summed E-state index contributed by atoms with van der Waals surface area (Å²) in [6.07, 6.45) is 5.24. The molecule has 7 heteroatoms. The monoisotopic (exact) mass is 345 g/mol. The maximum Gasteiger partial charge on any atom is 0.258 e. The van der Waals surface area contributed by atoms with E-state index in [0.29, 0.717) is 29.5 Å². The first-order chi connectivity index (χ1) is 12.8. The number of carbonyl (C=O) groups is 1. The van der Waals surface area contributed by atoms with Gasteiger partial charge in [-0.2, -0.15) is 0 Å². The Labute approximate surface area is 149 Å². The SMILES string of the molecule is O=C(Nc1nnc2ccccn12)c1cccc(OCc2cccnc2)c1. The first kappa shape index (κ1) is 15.8. The Bertz CT molecular complexity index is 1050. The Hall–Kier alpha value is -3.74. The summed E-state index contributed by atoms with van der Waals surface area (Å²) < 4.78 is 7.44. The second kappa shape index (κ2) is 7.02. The number of amides is 1. The largest absolute Gasteiger partial charge is 0.489 e. The summed E-state index contributed by atoms with van der Waals surface area (Å²) >= 11 is 0. The van der Waals surface area contributed by atoms with Crippen molar-refractivity contribution in [3.05, 3.63) is 84.3 Å². The number of nitrogens with one attached hydrogen (secondary N) is 1. The number of anilines is 1. The molecule has 0 atom stereocenters. The van der Waals surface area contributed by atoms with Gasteiger partial charge in [0.15, 0.2) is 5.65 Å². The van der Waals surface area contributed by atoms with Crippen molar-refractivity contribution in [2.24, 2.45) is 0 Å². The molecule has 4 rings (SSSR count). The standard InChI is InChI=1S/C19H15N5O2/c25-18(21-19-23-22-17-8-1-2-10-24(17)19)15-6-3-7-16(11-15)26-13-14-5-4-9-20-12-14/h1-12H,13H2,(H,21,23,25). The lowest BCUT2D eigenvalue weighted by atomic mass is 10.2. The molecule has 0 fully saturated rings. The molecule has 1 amide bonds. The summed E-state index contributed by atoms with van der Waals surface area (Å²) in [6.45, 7) is 0.383. The average Bonchev–Trinajstić information content (AvgIpc) is 3.10. The maximum absolute atomic E-state index is 12.5. The van der Waals surface area contributed by atoms with Crippen molar-refractivity contribution < 1.29 is 9.53 Å². The highest BCUT2D eigenvalue weighted by Crippen LogP contribution is 2.16. The molecular weight excluding hydrogens is 330 g/mol. The number of ether oxygens (including phenoxy) is 1. The van der Waals surface area contributed by atoms with E-state index < -0.39 is 0 Å². The van der Waals surface area contributed by atoms with Crippen LogP contribution in [0.25, 0.3) is 5.65 Å². The maximum atomic E-state index is 12.5. The summed E-state index contributed by atoms with van der Waals surface area (Å²) in [6, 6.07) is 16.3. The smallest absolute Gasteiger partial charge is 0.258 e. The van der Waals surface area contributed by atoms with Crippen LogP contribution in [0.4, 0.5) is 5.95 Å². The third-order valence-corrected chi connectivity index (χ3v) is 3.76. The fraction of sp³-hybridized carbons (Fsp3) is 0.0526. The summed E-state index contributed by atoms with van der Waals surface area (Å²) in [5.41, 5.74) is 2.09. The molecule has 0 bridgehead atoms. The van der Waals surface area contributed by atoms with E-state index in [9.17, 15) is 4.79 Å². The number of aromatic nitrogens is 4. The third kappa shape index (κ3) is 3.36. The molecule has 0 spiro atoms. The summed E-state index contributed by atoms with van der Waals surface area (Å²) in [7, 11) is 0. The summed E-state index contributed by atoms with van der Waals surface area (Å²) in [5.74, 6) is 0.690. The van der Waals surface area contributed by atoms with Gasteiger partial charge in [0, 0.05) is 29.7 Å². The Balaban J connectivity index is 1.48. The molecule has 128 valence electrons. The Kier molecular flexibility index (Phi) is 4.26. The van der Waals surface area contributed by atoms with Crippen LogP contribution in [-0.4, -0.2) is 25.5 Å². The van der Waals surface area contributed by atoms with Gasteiger partial charge in [-0.3, -0.25) is 19.5 Å². The van der Waals surface area contributed by atoms with Crippen LogP contribution in [0.1, 0.15) is 15.9 Å². The van der Waals surface area contributed by atoms with E-state index in [1.54, 1.807) is 47.3 Å². The van der Waals surface area contributed by atoms with Gasteiger partial charge in [0.05, 0.1) is 0 Å². The van der Waals surface area contributed by atoms with Crippen molar-refractivity contribution in [1.82, 2.24) is 19.6 Å². The Morgan fingerprint density at radius 1 is 1.08 bits per heavy atom. The van der Waals surface area contributed by atoms with Crippen LogP contribution in [0.2, 0.25) is 0 Å². The molecule has 0 aliphatic rings. The highest BCUT2D eigenvalue weighted by atomic mass is 16.5. The van der Waals surface area contributed by atoms with Gasteiger partial charge < -0.3 is 4.74 Å². The number of nitrogens with zero attached hydrogens (tertiary/aromatic N) is 4. The van der Waals surface area contributed by atoms with Crippen LogP contribution in [-0.2, 0) is 6.61 Å². The molecule has 0 aliphatic carbocycles. The predicted octanol–water partition coefficient (Wildman–Crippen LogP) is 2.96. The minimum Gasteiger partial charge on any atom is -0.489 e. The topological polar surface area (TPSA) is 81.4 Å². The van der Waals surface area contributed by atoms with Crippen LogP contribution in [0.5, 0.6) is 5.75 Å². The zero-order chi connectivity index (χ0) is 17.8. The van der Waals surface area contributed by atoms with Crippen molar-refractivity contribution >= 4 is 17.5 Å². The molecule has 3 heterocycles. The molecule has 26 heavy (non-hydrogen) atoms. The van der Waals surface area contributed by atoms with Crippen molar-refractivity contribution in [3.8, 4) is 5.75 Å². The summed E-state index contributed by atoms with van der Waals surface area (Å²) in [4.78, 5) is 16.6. The molecule has 1 aromatic carbocycles. The Morgan fingerprint density at radius 2 is 2.04 bits per heavy atom. The van der Waals surface area contributed by atoms with Crippen LogP contribution < -0.4 is 10.1 Å². The zero-order valence-electron chi connectivity index (χ0n) is 13.7. The lowest BCUT2D eigenvalue weighted by Crippen LogP contribution is -2.14. The van der Waals surface area contributed by atoms with E-state index in [1.165, 1.54) is 0 Å². The van der Waals surface area contributed by atoms with E-state index in [2.05, 4.69) is 20.5 Å². The molecule has 1 N–H and O–H groups in total. The van der Waals surface area contributed by atoms with Crippen molar-refractivity contribution in [2.45, 2.75) is 6.61 Å². The number of benzene rings is 1. The lowest BCUT2D eigenvalue weighted by Gasteiger charge is -2.08. The van der Waals surface area contributed by atoms with Gasteiger partial charge >= 0.3 is 0 Å². The molecule has 4 aromatic rings. The number of hydrogen-bond acceptors (Lipinski definition) is 5. The molecule has 0 saturated heterocycles. The molecule has 0 aliphatic heterocycles. The molecular formula is C19H15N5O2. The highest BCUT2D eigenvalue weighted by Gasteiger charge is 2.11. The average molecular weight is 345 g/mol. The van der Waals surface area contributed by atoms with Crippen LogP contribution in [0, 0.1) is 0 Å². The Morgan fingerprint density at radius 3 is 2.92 bits per heavy atom. The van der Waals surface area contributed by atoms with Gasteiger partial charge in [-0.25, -0.2) is 0 Å². The van der Waals surface area contributed by atoms with E-state index in [0.717, 1.165) is 5.56 Å². The van der Waals surface area contributed by atoms with Crippen molar-refractivity contribution in [1.29, 1.82) is 0 Å². The number of rotatable bonds is 5. The number of fused-ring (bicyclic) bond motifs is 1. The fourth-order valence-corrected chi connectivity index (χ4v) is 2.48. The minimum absolute atomic E-state index is 0.282. The molecule has 7 nitrogen and oxygen atoms in total.